The molecule has 0 fully saturated rings. The molecule has 5 atom stereocenters. The Morgan fingerprint density at radius 2 is 1.21 bits per heavy atom. The minimum absolute atomic E-state index is 0.155. The van der Waals surface area contributed by atoms with Gasteiger partial charge in [-0.05, 0) is 31.2 Å². The molecule has 0 saturated carbocycles. The van der Waals surface area contributed by atoms with Crippen LogP contribution in [0, 0.1) is 0 Å². The van der Waals surface area contributed by atoms with E-state index >= 15 is 0 Å². The van der Waals surface area contributed by atoms with E-state index in [1.165, 1.54) is 31.2 Å². The van der Waals surface area contributed by atoms with Crippen LogP contribution in [0.4, 0.5) is 0 Å². The molecule has 2 rings (SSSR count). The topological polar surface area (TPSA) is 134 Å². The van der Waals surface area contributed by atoms with Crippen LogP contribution < -0.4 is 0 Å². The van der Waals surface area contributed by atoms with Crippen molar-refractivity contribution in [2.24, 2.45) is 0 Å². The van der Waals surface area contributed by atoms with Crippen LogP contribution in [-0.2, 0) is 9.47 Å². The highest BCUT2D eigenvalue weighted by atomic mass is 16.6. The number of carbonyl (C=O) groups excluding carboxylic acids is 2. The van der Waals surface area contributed by atoms with E-state index in [1.54, 1.807) is 36.4 Å². The van der Waals surface area contributed by atoms with Crippen LogP contribution in [0.1, 0.15) is 27.6 Å². The molecule has 8 heteroatoms. The summed E-state index contributed by atoms with van der Waals surface area (Å²) in [4.78, 5) is 24.9. The van der Waals surface area contributed by atoms with Gasteiger partial charge in [0.1, 0.15) is 12.2 Å². The molecule has 29 heavy (non-hydrogen) atoms. The van der Waals surface area contributed by atoms with Gasteiger partial charge < -0.3 is 29.9 Å². The second-order valence-electron chi connectivity index (χ2n) is 6.45. The van der Waals surface area contributed by atoms with Crippen molar-refractivity contribution in [2.75, 3.05) is 6.61 Å². The Balaban J connectivity index is 2.29. The lowest BCUT2D eigenvalue weighted by Crippen LogP contribution is -2.53. The van der Waals surface area contributed by atoms with E-state index in [9.17, 15) is 24.9 Å². The summed E-state index contributed by atoms with van der Waals surface area (Å²) in [6, 6.07) is 15.8. The first-order chi connectivity index (χ1) is 13.8. The van der Waals surface area contributed by atoms with Crippen molar-refractivity contribution in [3.8, 4) is 0 Å². The van der Waals surface area contributed by atoms with E-state index < -0.39 is 49.1 Å². The maximum Gasteiger partial charge on any atom is 0.338 e. The number of aliphatic hydroxyl groups excluding tert-OH is 4. The Morgan fingerprint density at radius 1 is 0.793 bits per heavy atom. The van der Waals surface area contributed by atoms with Gasteiger partial charge in [0.2, 0.25) is 0 Å². The van der Waals surface area contributed by atoms with Crippen LogP contribution in [0.5, 0.6) is 0 Å². The standard InChI is InChI=1S/C21H24O8/c1-13(23)18(28-20(26)14-8-4-2-5-9-14)19(17(25)16(24)12-22)29-21(27)15-10-6-3-7-11-15/h2-11,13,16-19,22-25H,12H2,1H3/t13?,16-,17-,18+,19?/m0/s1. The Bertz CT molecular complexity index is 778. The lowest BCUT2D eigenvalue weighted by Gasteiger charge is -2.33. The number of hydrogen-bond acceptors (Lipinski definition) is 8. The molecule has 2 aromatic carbocycles. The molecule has 2 unspecified atom stereocenters. The zero-order chi connectivity index (χ0) is 21.4. The average Bonchev–Trinajstić information content (AvgIpc) is 2.75. The minimum Gasteiger partial charge on any atom is -0.452 e. The van der Waals surface area contributed by atoms with E-state index in [4.69, 9.17) is 14.6 Å². The van der Waals surface area contributed by atoms with E-state index in [1.807, 2.05) is 0 Å². The van der Waals surface area contributed by atoms with Gasteiger partial charge in [-0.2, -0.15) is 0 Å². The molecule has 0 aliphatic rings. The second kappa shape index (κ2) is 10.7. The van der Waals surface area contributed by atoms with E-state index in [-0.39, 0.29) is 11.1 Å². The van der Waals surface area contributed by atoms with Crippen molar-refractivity contribution in [3.05, 3.63) is 71.8 Å². The first kappa shape index (κ1) is 22.5. The van der Waals surface area contributed by atoms with Crippen LogP contribution in [0.25, 0.3) is 0 Å². The Labute approximate surface area is 168 Å². The molecular weight excluding hydrogens is 380 g/mol. The van der Waals surface area contributed by atoms with E-state index in [0.717, 1.165) is 0 Å². The van der Waals surface area contributed by atoms with Crippen molar-refractivity contribution in [1.29, 1.82) is 0 Å². The molecule has 0 bridgehead atoms. The van der Waals surface area contributed by atoms with Crippen LogP contribution in [0.2, 0.25) is 0 Å². The van der Waals surface area contributed by atoms with Crippen molar-refractivity contribution in [2.45, 2.75) is 37.4 Å². The predicted octanol–water partition coefficient (Wildman–Crippen LogP) is 0.532. The van der Waals surface area contributed by atoms with Gasteiger partial charge in [0.15, 0.2) is 12.2 Å². The minimum atomic E-state index is -1.82. The first-order valence-electron chi connectivity index (χ1n) is 9.02. The fourth-order valence-electron chi connectivity index (χ4n) is 2.63. The van der Waals surface area contributed by atoms with E-state index in [0.29, 0.717) is 0 Å². The molecule has 2 aromatic rings. The predicted molar refractivity (Wildman–Crippen MR) is 102 cm³/mol. The molecule has 0 saturated heterocycles. The zero-order valence-electron chi connectivity index (χ0n) is 15.8. The van der Waals surface area contributed by atoms with Crippen molar-refractivity contribution in [1.82, 2.24) is 0 Å². The van der Waals surface area contributed by atoms with Gasteiger partial charge in [0, 0.05) is 0 Å². The lowest BCUT2D eigenvalue weighted by atomic mass is 9.99. The Morgan fingerprint density at radius 3 is 1.59 bits per heavy atom. The maximum absolute atomic E-state index is 12.5. The smallest absolute Gasteiger partial charge is 0.338 e. The van der Waals surface area contributed by atoms with Crippen molar-refractivity contribution >= 4 is 11.9 Å². The highest BCUT2D eigenvalue weighted by Gasteiger charge is 2.41. The number of benzene rings is 2. The van der Waals surface area contributed by atoms with Crippen LogP contribution in [0.15, 0.2) is 60.7 Å². The summed E-state index contributed by atoms with van der Waals surface area (Å²) in [7, 11) is 0. The van der Waals surface area contributed by atoms with Crippen LogP contribution in [-0.4, -0.2) is 69.5 Å². The third-order valence-electron chi connectivity index (χ3n) is 4.22. The summed E-state index contributed by atoms with van der Waals surface area (Å²) in [5, 5.41) is 39.5. The number of carbonyl (C=O) groups is 2. The number of rotatable bonds is 9. The molecule has 156 valence electrons. The molecule has 0 aliphatic carbocycles. The first-order valence-corrected chi connectivity index (χ1v) is 9.02. The monoisotopic (exact) mass is 404 g/mol. The SMILES string of the molecule is CC(O)[C@@H](OC(=O)c1ccccc1)C(OC(=O)c1ccccc1)[C@@H](O)[C@@H](O)CO. The number of aliphatic hydroxyl groups is 4. The second-order valence-corrected chi connectivity index (χ2v) is 6.45. The van der Waals surface area contributed by atoms with Crippen molar-refractivity contribution < 1.29 is 39.5 Å². The molecule has 0 aromatic heterocycles. The molecule has 0 spiro atoms. The maximum atomic E-state index is 12.5. The summed E-state index contributed by atoms with van der Waals surface area (Å²) >= 11 is 0. The Hall–Kier alpha value is -2.78. The van der Waals surface area contributed by atoms with Gasteiger partial charge >= 0.3 is 11.9 Å². The van der Waals surface area contributed by atoms with Crippen LogP contribution >= 0.6 is 0 Å². The summed E-state index contributed by atoms with van der Waals surface area (Å²) < 4.78 is 10.6. The van der Waals surface area contributed by atoms with Crippen LogP contribution in [0.3, 0.4) is 0 Å². The number of hydrogen-bond donors (Lipinski definition) is 4. The normalized spacial score (nSPS) is 16.2. The third kappa shape index (κ3) is 6.10. The molecule has 4 N–H and O–H groups in total. The van der Waals surface area contributed by atoms with Gasteiger partial charge in [-0.25, -0.2) is 9.59 Å². The summed E-state index contributed by atoms with van der Waals surface area (Å²) in [5.74, 6) is -1.68. The molecular formula is C21H24O8. The van der Waals surface area contributed by atoms with E-state index in [2.05, 4.69) is 0 Å². The summed E-state index contributed by atoms with van der Waals surface area (Å²) in [5.41, 5.74) is 0.338. The lowest BCUT2D eigenvalue weighted by molar-refractivity contribution is -0.143. The van der Waals surface area contributed by atoms with Gasteiger partial charge in [-0.15, -0.1) is 0 Å². The fraction of sp³-hybridized carbons (Fsp3) is 0.333. The molecule has 0 aliphatic heterocycles. The zero-order valence-corrected chi connectivity index (χ0v) is 15.8. The third-order valence-corrected chi connectivity index (χ3v) is 4.22. The van der Waals surface area contributed by atoms with Gasteiger partial charge in [0.05, 0.1) is 23.8 Å². The number of ether oxygens (including phenoxy) is 2. The van der Waals surface area contributed by atoms with Gasteiger partial charge in [0.25, 0.3) is 0 Å². The van der Waals surface area contributed by atoms with Gasteiger partial charge in [-0.1, -0.05) is 36.4 Å². The molecule has 0 amide bonds. The Kier molecular flexibility index (Phi) is 8.29. The summed E-state index contributed by atoms with van der Waals surface area (Å²) in [6.45, 7) is 0.448. The average molecular weight is 404 g/mol. The molecule has 0 heterocycles. The highest BCUT2D eigenvalue weighted by Crippen LogP contribution is 2.19. The van der Waals surface area contributed by atoms with Gasteiger partial charge in [-0.3, -0.25) is 0 Å². The molecule has 0 radical (unpaired) electrons. The molecule has 8 nitrogen and oxygen atoms in total. The fourth-order valence-corrected chi connectivity index (χ4v) is 2.63. The largest absolute Gasteiger partial charge is 0.452 e. The number of esters is 2. The van der Waals surface area contributed by atoms with Crippen molar-refractivity contribution in [3.63, 3.8) is 0 Å². The highest BCUT2D eigenvalue weighted by molar-refractivity contribution is 5.90. The quantitative estimate of drug-likeness (QED) is 0.445. The summed E-state index contributed by atoms with van der Waals surface area (Å²) in [6.07, 6.45) is -8.03.